The van der Waals surface area contributed by atoms with Gasteiger partial charge in [-0.05, 0) is 52.1 Å². The number of amides is 2. The molecule has 0 spiro atoms. The number of nitrogens with zero attached hydrogens (tertiary/aromatic N) is 1. The van der Waals surface area contributed by atoms with Crippen LogP contribution in [0, 0.1) is 0 Å². The minimum Gasteiger partial charge on any atom is -0.396 e. The van der Waals surface area contributed by atoms with Crippen LogP contribution in [0.2, 0.25) is 0 Å². The van der Waals surface area contributed by atoms with Gasteiger partial charge in [0.1, 0.15) is 0 Å². The molecule has 1 saturated heterocycles. The number of imide groups is 1. The standard InChI is InChI=1S/C35H33NO6S/c37-15-16-43-22-29-19-32(25-13-11-23(21-38)12-14-25)42-35(41-29)28-8-4-7-27(18-28)26-6-3-5-24(17-26)20-36-33(39)30-9-1-2-10-31(30)34(36)40/h1-14,17-18,29,32,35,37-38H,15-16,19-22H2/t29-,32+,35+/m1/s1. The first kappa shape index (κ1) is 29.3. The number of thioether (sulfide) groups is 1. The maximum Gasteiger partial charge on any atom is 0.261 e. The van der Waals surface area contributed by atoms with Gasteiger partial charge in [0.25, 0.3) is 11.8 Å². The molecule has 4 aromatic carbocycles. The molecule has 1 fully saturated rings. The second-order valence-electron chi connectivity index (χ2n) is 10.7. The largest absolute Gasteiger partial charge is 0.396 e. The second kappa shape index (κ2) is 13.2. The zero-order valence-electron chi connectivity index (χ0n) is 23.6. The Morgan fingerprint density at radius 3 is 2.14 bits per heavy atom. The summed E-state index contributed by atoms with van der Waals surface area (Å²) in [5.74, 6) is 0.845. The second-order valence-corrected chi connectivity index (χ2v) is 11.9. The van der Waals surface area contributed by atoms with E-state index in [1.807, 2.05) is 66.7 Å². The number of aliphatic hydroxyl groups is 2. The summed E-state index contributed by atoms with van der Waals surface area (Å²) in [6, 6.07) is 30.6. The molecular formula is C35H33NO6S. The van der Waals surface area contributed by atoms with E-state index in [2.05, 4.69) is 6.07 Å². The van der Waals surface area contributed by atoms with Crippen LogP contribution in [-0.2, 0) is 22.6 Å². The maximum atomic E-state index is 12.9. The lowest BCUT2D eigenvalue weighted by Crippen LogP contribution is -2.31. The normalized spacial score (nSPS) is 20.0. The van der Waals surface area contributed by atoms with E-state index in [1.54, 1.807) is 36.0 Å². The molecule has 220 valence electrons. The van der Waals surface area contributed by atoms with Crippen molar-refractivity contribution in [2.75, 3.05) is 18.1 Å². The van der Waals surface area contributed by atoms with Crippen LogP contribution in [0.25, 0.3) is 11.1 Å². The minimum atomic E-state index is -0.586. The Morgan fingerprint density at radius 2 is 1.44 bits per heavy atom. The van der Waals surface area contributed by atoms with E-state index < -0.39 is 6.29 Å². The summed E-state index contributed by atoms with van der Waals surface area (Å²) in [7, 11) is 0. The summed E-state index contributed by atoms with van der Waals surface area (Å²) in [6.45, 7) is 0.306. The van der Waals surface area contributed by atoms with E-state index in [1.165, 1.54) is 4.90 Å². The summed E-state index contributed by atoms with van der Waals surface area (Å²) >= 11 is 1.66. The number of benzene rings is 4. The first-order valence-corrected chi connectivity index (χ1v) is 15.5. The van der Waals surface area contributed by atoms with Gasteiger partial charge >= 0.3 is 0 Å². The van der Waals surface area contributed by atoms with Gasteiger partial charge in [0.2, 0.25) is 0 Å². The van der Waals surface area contributed by atoms with Gasteiger partial charge in [-0.3, -0.25) is 14.5 Å². The average Bonchev–Trinajstić information content (AvgIpc) is 3.30. The SMILES string of the molecule is O=C1c2ccccc2C(=O)N1Cc1cccc(-c2cccc([C@H]3O[C@@H](CSCCO)C[C@@H](c4ccc(CO)cc4)O3)c2)c1. The Morgan fingerprint density at radius 1 is 0.744 bits per heavy atom. The molecule has 7 nitrogen and oxygen atoms in total. The fourth-order valence-corrected chi connectivity index (χ4v) is 6.35. The highest BCUT2D eigenvalue weighted by Gasteiger charge is 2.35. The van der Waals surface area contributed by atoms with Crippen LogP contribution in [-0.4, -0.2) is 51.1 Å². The average molecular weight is 596 g/mol. The van der Waals surface area contributed by atoms with Crippen LogP contribution in [0.5, 0.6) is 0 Å². The Hall–Kier alpha value is -3.79. The summed E-state index contributed by atoms with van der Waals surface area (Å²) in [4.78, 5) is 27.1. The van der Waals surface area contributed by atoms with Crippen molar-refractivity contribution in [3.63, 3.8) is 0 Å². The number of ether oxygens (including phenoxy) is 2. The quantitative estimate of drug-likeness (QED) is 0.174. The molecule has 0 aromatic heterocycles. The van der Waals surface area contributed by atoms with Crippen LogP contribution in [0.4, 0.5) is 0 Å². The molecule has 2 heterocycles. The smallest absolute Gasteiger partial charge is 0.261 e. The van der Waals surface area contributed by atoms with Gasteiger partial charge in [-0.1, -0.05) is 72.8 Å². The van der Waals surface area contributed by atoms with Crippen molar-refractivity contribution >= 4 is 23.6 Å². The molecule has 43 heavy (non-hydrogen) atoms. The lowest BCUT2D eigenvalue weighted by atomic mass is 9.99. The third-order valence-corrected chi connectivity index (χ3v) is 8.87. The Kier molecular flexibility index (Phi) is 9.02. The molecule has 8 heteroatoms. The monoisotopic (exact) mass is 595 g/mol. The summed E-state index contributed by atoms with van der Waals surface area (Å²) < 4.78 is 12.9. The highest BCUT2D eigenvalue weighted by molar-refractivity contribution is 7.99. The first-order chi connectivity index (χ1) is 21.0. The molecule has 0 saturated carbocycles. The van der Waals surface area contributed by atoms with E-state index in [0.717, 1.165) is 39.1 Å². The third kappa shape index (κ3) is 6.44. The molecule has 6 rings (SSSR count). The van der Waals surface area contributed by atoms with E-state index in [-0.39, 0.29) is 43.8 Å². The molecule has 2 aliphatic heterocycles. The molecule has 0 radical (unpaired) electrons. The third-order valence-electron chi connectivity index (χ3n) is 7.79. The van der Waals surface area contributed by atoms with E-state index in [0.29, 0.717) is 23.3 Å². The molecular weight excluding hydrogens is 562 g/mol. The maximum absolute atomic E-state index is 12.9. The number of fused-ring (bicyclic) bond motifs is 1. The van der Waals surface area contributed by atoms with Gasteiger partial charge in [-0.25, -0.2) is 0 Å². The Balaban J connectivity index is 1.22. The predicted molar refractivity (Wildman–Crippen MR) is 165 cm³/mol. The van der Waals surface area contributed by atoms with E-state index in [4.69, 9.17) is 9.47 Å². The Bertz CT molecular complexity index is 1570. The molecule has 2 aliphatic rings. The number of carbonyl (C=O) groups is 2. The van der Waals surface area contributed by atoms with Crippen LogP contribution < -0.4 is 0 Å². The molecule has 3 atom stereocenters. The van der Waals surface area contributed by atoms with Crippen LogP contribution in [0.3, 0.4) is 0 Å². The lowest BCUT2D eigenvalue weighted by molar-refractivity contribution is -0.245. The van der Waals surface area contributed by atoms with Gasteiger partial charge in [0, 0.05) is 23.5 Å². The van der Waals surface area contributed by atoms with Crippen molar-refractivity contribution in [3.05, 3.63) is 130 Å². The molecule has 4 aromatic rings. The number of carbonyl (C=O) groups excluding carboxylic acids is 2. The fraction of sp³-hybridized carbons (Fsp3) is 0.257. The van der Waals surface area contributed by atoms with Crippen molar-refractivity contribution in [3.8, 4) is 11.1 Å². The van der Waals surface area contributed by atoms with Gasteiger partial charge in [0.05, 0.1) is 43.1 Å². The van der Waals surface area contributed by atoms with Crippen molar-refractivity contribution in [1.82, 2.24) is 4.90 Å². The number of rotatable bonds is 10. The van der Waals surface area contributed by atoms with Crippen molar-refractivity contribution in [2.24, 2.45) is 0 Å². The highest BCUT2D eigenvalue weighted by Crippen LogP contribution is 2.39. The molecule has 2 amide bonds. The van der Waals surface area contributed by atoms with Crippen LogP contribution >= 0.6 is 11.8 Å². The number of aliphatic hydroxyl groups excluding tert-OH is 2. The number of hydrogen-bond donors (Lipinski definition) is 2. The fourth-order valence-electron chi connectivity index (χ4n) is 5.58. The number of hydrogen-bond acceptors (Lipinski definition) is 7. The summed E-state index contributed by atoms with van der Waals surface area (Å²) in [5.41, 5.74) is 6.43. The first-order valence-electron chi connectivity index (χ1n) is 14.4. The molecule has 0 unspecified atom stereocenters. The highest BCUT2D eigenvalue weighted by atomic mass is 32.2. The zero-order chi connectivity index (χ0) is 29.8. The summed E-state index contributed by atoms with van der Waals surface area (Å²) in [6.07, 6.45) is -0.146. The Labute approximate surface area is 255 Å². The summed E-state index contributed by atoms with van der Waals surface area (Å²) in [5, 5.41) is 18.7. The van der Waals surface area contributed by atoms with Crippen LogP contribution in [0.1, 0.15) is 61.8 Å². The topological polar surface area (TPSA) is 96.3 Å². The van der Waals surface area contributed by atoms with Crippen molar-refractivity contribution in [1.29, 1.82) is 0 Å². The lowest BCUT2D eigenvalue weighted by Gasteiger charge is -2.36. The minimum absolute atomic E-state index is 0.00967. The molecule has 2 N–H and O–H groups in total. The van der Waals surface area contributed by atoms with Crippen molar-refractivity contribution in [2.45, 2.75) is 38.1 Å². The van der Waals surface area contributed by atoms with Gasteiger partial charge in [-0.2, -0.15) is 11.8 Å². The van der Waals surface area contributed by atoms with Crippen LogP contribution in [0.15, 0.2) is 97.1 Å². The molecule has 0 aliphatic carbocycles. The van der Waals surface area contributed by atoms with Crippen molar-refractivity contribution < 1.29 is 29.3 Å². The predicted octanol–water partition coefficient (Wildman–Crippen LogP) is 5.91. The molecule has 0 bridgehead atoms. The van der Waals surface area contributed by atoms with E-state index >= 15 is 0 Å². The van der Waals surface area contributed by atoms with Gasteiger partial charge in [0.15, 0.2) is 6.29 Å². The van der Waals surface area contributed by atoms with Gasteiger partial charge in [-0.15, -0.1) is 0 Å². The van der Waals surface area contributed by atoms with Gasteiger partial charge < -0.3 is 19.7 Å². The zero-order valence-corrected chi connectivity index (χ0v) is 24.4. The van der Waals surface area contributed by atoms with E-state index in [9.17, 15) is 19.8 Å².